The lowest BCUT2D eigenvalue weighted by Gasteiger charge is -2.35. The molecule has 0 atom stereocenters. The Bertz CT molecular complexity index is 529. The monoisotopic (exact) mass is 385 g/mol. The van der Waals surface area contributed by atoms with E-state index in [9.17, 15) is 9.18 Å². The molecule has 2 rings (SSSR count). The fourth-order valence-electron chi connectivity index (χ4n) is 2.86. The highest BCUT2D eigenvalue weighted by Gasteiger charge is 2.21. The minimum atomic E-state index is -0.168. The molecule has 6 heteroatoms. The van der Waals surface area contributed by atoms with Gasteiger partial charge in [-0.1, -0.05) is 22.0 Å². The molecule has 1 aliphatic rings. The summed E-state index contributed by atoms with van der Waals surface area (Å²) in [4.78, 5) is 18.4. The van der Waals surface area contributed by atoms with E-state index in [-0.39, 0.29) is 11.7 Å². The summed E-state index contributed by atoms with van der Waals surface area (Å²) in [6.45, 7) is 10.1. The predicted molar refractivity (Wildman–Crippen MR) is 93.7 cm³/mol. The van der Waals surface area contributed by atoms with Crippen molar-refractivity contribution < 1.29 is 9.18 Å². The first-order valence-electron chi connectivity index (χ1n) is 8.19. The van der Waals surface area contributed by atoms with Crippen LogP contribution in [0.4, 0.5) is 4.39 Å². The van der Waals surface area contributed by atoms with Crippen LogP contribution in [-0.4, -0.2) is 66.4 Å². The summed E-state index contributed by atoms with van der Waals surface area (Å²) in [6, 6.07) is 5.21. The number of halogens is 2. The number of benzene rings is 1. The molecular formula is C17H25BrFN3O. The topological polar surface area (TPSA) is 26.8 Å². The van der Waals surface area contributed by atoms with Crippen LogP contribution in [0.2, 0.25) is 0 Å². The smallest absolute Gasteiger partial charge is 0.236 e. The number of nitrogens with zero attached hydrogens (tertiary/aromatic N) is 3. The summed E-state index contributed by atoms with van der Waals surface area (Å²) in [5.74, 6) is 0.0286. The first kappa shape index (κ1) is 18.4. The zero-order valence-corrected chi connectivity index (χ0v) is 15.5. The van der Waals surface area contributed by atoms with Crippen LogP contribution >= 0.6 is 15.9 Å². The van der Waals surface area contributed by atoms with E-state index in [2.05, 4.69) is 25.7 Å². The zero-order valence-electron chi connectivity index (χ0n) is 13.9. The van der Waals surface area contributed by atoms with Gasteiger partial charge in [0.25, 0.3) is 0 Å². The fraction of sp³-hybridized carbons (Fsp3) is 0.588. The molecule has 1 fully saturated rings. The van der Waals surface area contributed by atoms with Crippen LogP contribution in [0.5, 0.6) is 0 Å². The lowest BCUT2D eigenvalue weighted by atomic mass is 10.2. The molecule has 1 heterocycles. The molecule has 1 amide bonds. The summed E-state index contributed by atoms with van der Waals surface area (Å²) in [7, 11) is 0. The average molecular weight is 386 g/mol. The van der Waals surface area contributed by atoms with Crippen molar-refractivity contribution in [2.75, 3.05) is 45.8 Å². The van der Waals surface area contributed by atoms with E-state index < -0.39 is 0 Å². The molecule has 1 aromatic carbocycles. The molecule has 0 bridgehead atoms. The Hall–Kier alpha value is -0.980. The van der Waals surface area contributed by atoms with Gasteiger partial charge in [0.1, 0.15) is 5.82 Å². The van der Waals surface area contributed by atoms with Crippen molar-refractivity contribution in [1.29, 1.82) is 0 Å². The number of carbonyl (C=O) groups is 1. The molecule has 0 unspecified atom stereocenters. The first-order chi connectivity index (χ1) is 11.0. The lowest BCUT2D eigenvalue weighted by Crippen LogP contribution is -2.49. The Morgan fingerprint density at radius 2 is 1.78 bits per heavy atom. The number of hydrogen-bond donors (Lipinski definition) is 0. The first-order valence-corrected chi connectivity index (χ1v) is 8.99. The van der Waals surface area contributed by atoms with Crippen molar-refractivity contribution in [1.82, 2.24) is 14.7 Å². The van der Waals surface area contributed by atoms with Crippen molar-refractivity contribution in [2.45, 2.75) is 20.4 Å². The van der Waals surface area contributed by atoms with Gasteiger partial charge in [-0.15, -0.1) is 0 Å². The number of carbonyl (C=O) groups excluding carboxylic acids is 1. The second kappa shape index (κ2) is 8.76. The van der Waals surface area contributed by atoms with Crippen LogP contribution in [0.1, 0.15) is 19.4 Å². The summed E-state index contributed by atoms with van der Waals surface area (Å²) >= 11 is 3.28. The minimum Gasteiger partial charge on any atom is -0.342 e. The van der Waals surface area contributed by atoms with Gasteiger partial charge in [0.2, 0.25) is 5.91 Å². The van der Waals surface area contributed by atoms with Crippen LogP contribution < -0.4 is 0 Å². The molecule has 0 aliphatic carbocycles. The van der Waals surface area contributed by atoms with Crippen LogP contribution in [-0.2, 0) is 11.3 Å². The van der Waals surface area contributed by atoms with Gasteiger partial charge < -0.3 is 4.90 Å². The Balaban J connectivity index is 1.81. The predicted octanol–water partition coefficient (Wildman–Crippen LogP) is 2.57. The van der Waals surface area contributed by atoms with Crippen molar-refractivity contribution in [3.63, 3.8) is 0 Å². The largest absolute Gasteiger partial charge is 0.342 e. The molecule has 23 heavy (non-hydrogen) atoms. The van der Waals surface area contributed by atoms with Crippen molar-refractivity contribution in [2.24, 2.45) is 0 Å². The molecular weight excluding hydrogens is 361 g/mol. The van der Waals surface area contributed by atoms with Crippen LogP contribution in [0.25, 0.3) is 0 Å². The second-order valence-corrected chi connectivity index (χ2v) is 6.77. The van der Waals surface area contributed by atoms with Gasteiger partial charge >= 0.3 is 0 Å². The molecule has 128 valence electrons. The summed E-state index contributed by atoms with van der Waals surface area (Å²) in [6.07, 6.45) is 0. The third-order valence-corrected chi connectivity index (χ3v) is 4.84. The van der Waals surface area contributed by atoms with Gasteiger partial charge in [-0.3, -0.25) is 14.6 Å². The maximum absolute atomic E-state index is 13.9. The standard InChI is InChI=1S/C17H25BrFN3O/c1-3-22(4-2)17(23)13-21-9-7-20(8-10-21)12-14-5-6-15(18)11-16(14)19/h5-6,11H,3-4,7-10,12-13H2,1-2H3. The number of amides is 1. The van der Waals surface area contributed by atoms with E-state index in [0.717, 1.165) is 49.3 Å². The molecule has 1 aliphatic heterocycles. The van der Waals surface area contributed by atoms with Crippen LogP contribution in [0.3, 0.4) is 0 Å². The van der Waals surface area contributed by atoms with E-state index in [0.29, 0.717) is 13.1 Å². The minimum absolute atomic E-state index is 0.168. The van der Waals surface area contributed by atoms with Gasteiger partial charge in [-0.2, -0.15) is 0 Å². The Morgan fingerprint density at radius 3 is 2.35 bits per heavy atom. The van der Waals surface area contributed by atoms with Crippen molar-refractivity contribution >= 4 is 21.8 Å². The maximum atomic E-state index is 13.9. The second-order valence-electron chi connectivity index (χ2n) is 5.85. The highest BCUT2D eigenvalue weighted by molar-refractivity contribution is 9.10. The van der Waals surface area contributed by atoms with E-state index in [1.54, 1.807) is 0 Å². The van der Waals surface area contributed by atoms with Crippen LogP contribution in [0, 0.1) is 5.82 Å². The Labute approximate surface area is 146 Å². The highest BCUT2D eigenvalue weighted by atomic mass is 79.9. The number of hydrogen-bond acceptors (Lipinski definition) is 3. The molecule has 1 aromatic rings. The lowest BCUT2D eigenvalue weighted by molar-refractivity contribution is -0.132. The molecule has 0 aromatic heterocycles. The molecule has 1 saturated heterocycles. The molecule has 0 radical (unpaired) electrons. The van der Waals surface area contributed by atoms with Gasteiger partial charge in [-0.05, 0) is 26.0 Å². The zero-order chi connectivity index (χ0) is 16.8. The average Bonchev–Trinajstić information content (AvgIpc) is 2.53. The summed E-state index contributed by atoms with van der Waals surface area (Å²) in [5, 5.41) is 0. The maximum Gasteiger partial charge on any atom is 0.236 e. The van der Waals surface area contributed by atoms with E-state index in [1.807, 2.05) is 30.9 Å². The number of likely N-dealkylation sites (N-methyl/N-ethyl adjacent to an activating group) is 1. The number of rotatable bonds is 6. The van der Waals surface area contributed by atoms with Gasteiger partial charge in [0.15, 0.2) is 0 Å². The Kier molecular flexibility index (Phi) is 6.99. The van der Waals surface area contributed by atoms with E-state index >= 15 is 0 Å². The molecule has 0 N–H and O–H groups in total. The van der Waals surface area contributed by atoms with Crippen molar-refractivity contribution in [3.05, 3.63) is 34.1 Å². The Morgan fingerprint density at radius 1 is 1.17 bits per heavy atom. The van der Waals surface area contributed by atoms with Gasteiger partial charge in [0.05, 0.1) is 6.54 Å². The van der Waals surface area contributed by atoms with E-state index in [1.165, 1.54) is 6.07 Å². The molecule has 0 spiro atoms. The van der Waals surface area contributed by atoms with Crippen molar-refractivity contribution in [3.8, 4) is 0 Å². The third-order valence-electron chi connectivity index (χ3n) is 4.35. The quantitative estimate of drug-likeness (QED) is 0.752. The molecule has 4 nitrogen and oxygen atoms in total. The normalized spacial score (nSPS) is 16.5. The third kappa shape index (κ3) is 5.26. The van der Waals surface area contributed by atoms with E-state index in [4.69, 9.17) is 0 Å². The SMILES string of the molecule is CCN(CC)C(=O)CN1CCN(Cc2ccc(Br)cc2F)CC1. The highest BCUT2D eigenvalue weighted by Crippen LogP contribution is 2.17. The fourth-order valence-corrected chi connectivity index (χ4v) is 3.20. The number of piperazine rings is 1. The van der Waals surface area contributed by atoms with Gasteiger partial charge in [-0.25, -0.2) is 4.39 Å². The summed E-state index contributed by atoms with van der Waals surface area (Å²) in [5.41, 5.74) is 0.723. The van der Waals surface area contributed by atoms with Gasteiger partial charge in [0, 0.05) is 55.8 Å². The molecule has 0 saturated carbocycles. The van der Waals surface area contributed by atoms with Crippen LogP contribution in [0.15, 0.2) is 22.7 Å². The summed E-state index contributed by atoms with van der Waals surface area (Å²) < 4.78 is 14.7.